The van der Waals surface area contributed by atoms with E-state index >= 15 is 0 Å². The van der Waals surface area contributed by atoms with Gasteiger partial charge in [0.2, 0.25) is 0 Å². The Hall–Kier alpha value is -1.13. The predicted octanol–water partition coefficient (Wildman–Crippen LogP) is 1.89. The summed E-state index contributed by atoms with van der Waals surface area (Å²) in [7, 11) is 6.35. The first kappa shape index (κ1) is 14.3. The molecule has 0 aromatic carbocycles. The zero-order valence-electron chi connectivity index (χ0n) is 12.6. The van der Waals surface area contributed by atoms with Crippen molar-refractivity contribution < 1.29 is 0 Å². The molecule has 2 heterocycles. The second-order valence-electron chi connectivity index (χ2n) is 5.60. The predicted molar refractivity (Wildman–Crippen MR) is 80.6 cm³/mol. The molecule has 1 atom stereocenters. The number of anilines is 1. The largest absolute Gasteiger partial charge is 0.370 e. The summed E-state index contributed by atoms with van der Waals surface area (Å²) in [5.41, 5.74) is 2.32. The van der Waals surface area contributed by atoms with Crippen LogP contribution < -0.4 is 10.2 Å². The van der Waals surface area contributed by atoms with Crippen molar-refractivity contribution in [3.63, 3.8) is 0 Å². The standard InChI is InChI=1S/C15H26N4/c1-12(16-2)15-6-5-14(11-17-15)19(4)13-7-9-18(3)10-8-13/h5-6,11-13,16H,7-10H2,1-4H3. The van der Waals surface area contributed by atoms with E-state index in [0.717, 1.165) is 5.69 Å². The average molecular weight is 262 g/mol. The minimum absolute atomic E-state index is 0.308. The van der Waals surface area contributed by atoms with Gasteiger partial charge < -0.3 is 15.1 Å². The Morgan fingerprint density at radius 3 is 2.58 bits per heavy atom. The lowest BCUT2D eigenvalue weighted by atomic mass is 10.0. The van der Waals surface area contributed by atoms with Crippen LogP contribution in [0.3, 0.4) is 0 Å². The minimum atomic E-state index is 0.308. The van der Waals surface area contributed by atoms with Crippen molar-refractivity contribution >= 4 is 5.69 Å². The topological polar surface area (TPSA) is 31.4 Å². The Balaban J connectivity index is 2.01. The molecule has 1 fully saturated rings. The Kier molecular flexibility index (Phi) is 4.77. The number of nitrogens with zero attached hydrogens (tertiary/aromatic N) is 3. The van der Waals surface area contributed by atoms with Gasteiger partial charge in [0.05, 0.1) is 17.6 Å². The highest BCUT2D eigenvalue weighted by atomic mass is 15.2. The van der Waals surface area contributed by atoms with Crippen LogP contribution in [0.5, 0.6) is 0 Å². The summed E-state index contributed by atoms with van der Waals surface area (Å²) in [4.78, 5) is 9.35. The van der Waals surface area contributed by atoms with Gasteiger partial charge >= 0.3 is 0 Å². The molecule has 0 aliphatic carbocycles. The van der Waals surface area contributed by atoms with Crippen LogP contribution in [0.1, 0.15) is 31.5 Å². The summed E-state index contributed by atoms with van der Waals surface area (Å²) in [5.74, 6) is 0. The molecule has 0 saturated carbocycles. The Morgan fingerprint density at radius 2 is 2.05 bits per heavy atom. The van der Waals surface area contributed by atoms with E-state index in [4.69, 9.17) is 0 Å². The van der Waals surface area contributed by atoms with Crippen LogP contribution in [0, 0.1) is 0 Å². The third-order valence-electron chi connectivity index (χ3n) is 4.29. The second kappa shape index (κ2) is 6.35. The lowest BCUT2D eigenvalue weighted by Crippen LogP contribution is -2.42. The molecule has 2 rings (SSSR count). The lowest BCUT2D eigenvalue weighted by Gasteiger charge is -2.36. The van der Waals surface area contributed by atoms with E-state index in [-0.39, 0.29) is 0 Å². The fourth-order valence-corrected chi connectivity index (χ4v) is 2.60. The molecule has 1 aliphatic heterocycles. The van der Waals surface area contributed by atoms with Gasteiger partial charge in [-0.3, -0.25) is 4.98 Å². The molecule has 106 valence electrons. The molecule has 19 heavy (non-hydrogen) atoms. The highest BCUT2D eigenvalue weighted by Gasteiger charge is 2.21. The first-order valence-corrected chi connectivity index (χ1v) is 7.16. The van der Waals surface area contributed by atoms with Gasteiger partial charge in [0, 0.05) is 19.1 Å². The van der Waals surface area contributed by atoms with Crippen molar-refractivity contribution in [2.45, 2.75) is 31.8 Å². The summed E-state index contributed by atoms with van der Waals surface area (Å²) in [5, 5.41) is 3.22. The number of aromatic nitrogens is 1. The molecular weight excluding hydrogens is 236 g/mol. The Morgan fingerprint density at radius 1 is 1.37 bits per heavy atom. The van der Waals surface area contributed by atoms with Crippen LogP contribution in [0.25, 0.3) is 0 Å². The number of hydrogen-bond acceptors (Lipinski definition) is 4. The van der Waals surface area contributed by atoms with E-state index in [1.54, 1.807) is 0 Å². The summed E-state index contributed by atoms with van der Waals surface area (Å²) in [6.07, 6.45) is 4.48. The molecule has 1 N–H and O–H groups in total. The third kappa shape index (κ3) is 3.45. The van der Waals surface area contributed by atoms with Gasteiger partial charge in [0.15, 0.2) is 0 Å². The molecule has 1 unspecified atom stereocenters. The molecule has 0 amide bonds. The van der Waals surface area contributed by atoms with Crippen LogP contribution >= 0.6 is 0 Å². The summed E-state index contributed by atoms with van der Waals surface area (Å²) in [6, 6.07) is 5.27. The van der Waals surface area contributed by atoms with Crippen molar-refractivity contribution in [1.29, 1.82) is 0 Å². The van der Waals surface area contributed by atoms with Crippen LogP contribution in [0.15, 0.2) is 18.3 Å². The molecule has 4 heteroatoms. The number of hydrogen-bond donors (Lipinski definition) is 1. The van der Waals surface area contributed by atoms with Gasteiger partial charge in [-0.2, -0.15) is 0 Å². The van der Waals surface area contributed by atoms with Gasteiger partial charge in [0.25, 0.3) is 0 Å². The summed E-state index contributed by atoms with van der Waals surface area (Å²) >= 11 is 0. The molecule has 0 spiro atoms. The van der Waals surface area contributed by atoms with Gasteiger partial charge in [-0.05, 0) is 59.1 Å². The highest BCUT2D eigenvalue weighted by Crippen LogP contribution is 2.22. The molecule has 1 aromatic heterocycles. The monoisotopic (exact) mass is 262 g/mol. The highest BCUT2D eigenvalue weighted by molar-refractivity contribution is 5.45. The molecule has 0 bridgehead atoms. The fraction of sp³-hybridized carbons (Fsp3) is 0.667. The summed E-state index contributed by atoms with van der Waals surface area (Å²) < 4.78 is 0. The SMILES string of the molecule is CNC(C)c1ccc(N(C)C2CCN(C)CC2)cn1. The van der Waals surface area contributed by atoms with Crippen LogP contribution in [0.2, 0.25) is 0 Å². The van der Waals surface area contributed by atoms with E-state index in [1.807, 2.05) is 13.2 Å². The summed E-state index contributed by atoms with van der Waals surface area (Å²) in [6.45, 7) is 4.51. The van der Waals surface area contributed by atoms with Gasteiger partial charge in [-0.1, -0.05) is 0 Å². The minimum Gasteiger partial charge on any atom is -0.370 e. The molecule has 1 aromatic rings. The zero-order chi connectivity index (χ0) is 13.8. The first-order chi connectivity index (χ1) is 9.11. The van der Waals surface area contributed by atoms with Crippen molar-refractivity contribution in [1.82, 2.24) is 15.2 Å². The normalized spacial score (nSPS) is 19.4. The van der Waals surface area contributed by atoms with Crippen molar-refractivity contribution in [3.8, 4) is 0 Å². The molecule has 4 nitrogen and oxygen atoms in total. The van der Waals surface area contributed by atoms with Crippen LogP contribution in [0.4, 0.5) is 5.69 Å². The van der Waals surface area contributed by atoms with E-state index < -0.39 is 0 Å². The Labute approximate surface area is 116 Å². The molecule has 1 saturated heterocycles. The zero-order valence-corrected chi connectivity index (χ0v) is 12.6. The Bertz CT molecular complexity index is 382. The maximum absolute atomic E-state index is 4.57. The third-order valence-corrected chi connectivity index (χ3v) is 4.29. The van der Waals surface area contributed by atoms with E-state index in [0.29, 0.717) is 12.1 Å². The van der Waals surface area contributed by atoms with Gasteiger partial charge in [-0.25, -0.2) is 0 Å². The number of likely N-dealkylation sites (tertiary alicyclic amines) is 1. The van der Waals surface area contributed by atoms with Crippen molar-refractivity contribution in [2.75, 3.05) is 39.1 Å². The lowest BCUT2D eigenvalue weighted by molar-refractivity contribution is 0.253. The van der Waals surface area contributed by atoms with Crippen LogP contribution in [-0.4, -0.2) is 50.2 Å². The number of piperidine rings is 1. The molecular formula is C15H26N4. The van der Waals surface area contributed by atoms with E-state index in [9.17, 15) is 0 Å². The van der Waals surface area contributed by atoms with Crippen molar-refractivity contribution in [3.05, 3.63) is 24.0 Å². The maximum Gasteiger partial charge on any atom is 0.0571 e. The number of nitrogens with one attached hydrogen (secondary N) is 1. The first-order valence-electron chi connectivity index (χ1n) is 7.16. The van der Waals surface area contributed by atoms with E-state index in [2.05, 4.69) is 53.3 Å². The van der Waals surface area contributed by atoms with Gasteiger partial charge in [-0.15, -0.1) is 0 Å². The average Bonchev–Trinajstić information content (AvgIpc) is 2.46. The van der Waals surface area contributed by atoms with E-state index in [1.165, 1.54) is 31.6 Å². The maximum atomic E-state index is 4.57. The molecule has 1 aliphatic rings. The van der Waals surface area contributed by atoms with Gasteiger partial charge in [0.1, 0.15) is 0 Å². The quantitative estimate of drug-likeness (QED) is 0.898. The van der Waals surface area contributed by atoms with Crippen LogP contribution in [-0.2, 0) is 0 Å². The molecule has 0 radical (unpaired) electrons. The van der Waals surface area contributed by atoms with Crippen molar-refractivity contribution in [2.24, 2.45) is 0 Å². The smallest absolute Gasteiger partial charge is 0.0571 e. The fourth-order valence-electron chi connectivity index (χ4n) is 2.60. The number of pyridine rings is 1. The number of rotatable bonds is 4. The second-order valence-corrected chi connectivity index (χ2v) is 5.60.